The molecule has 3 heterocycles. The lowest BCUT2D eigenvalue weighted by atomic mass is 9.86. The minimum Gasteiger partial charge on any atom is -0.495 e. The molecule has 2 amide bonds. The summed E-state index contributed by atoms with van der Waals surface area (Å²) in [6.07, 6.45) is 1.68. The Morgan fingerprint density at radius 2 is 2.00 bits per heavy atom. The number of carbonyl (C=O) groups excluding carboxylic acids is 1. The van der Waals surface area contributed by atoms with E-state index in [-0.39, 0.29) is 23.9 Å². The molecule has 8 heteroatoms. The Morgan fingerprint density at radius 3 is 2.85 bits per heavy atom. The molecule has 1 N–H and O–H groups in total. The molecule has 0 unspecified atom stereocenters. The lowest BCUT2D eigenvalue weighted by molar-refractivity contribution is 0.128. The Bertz CT molecular complexity index is 1150. The van der Waals surface area contributed by atoms with Crippen LogP contribution in [0.25, 0.3) is 0 Å². The van der Waals surface area contributed by atoms with Gasteiger partial charge in [-0.3, -0.25) is 0 Å². The van der Waals surface area contributed by atoms with Crippen molar-refractivity contribution in [2.45, 2.75) is 13.0 Å². The number of hydrogen-bond acceptors (Lipinski definition) is 6. The van der Waals surface area contributed by atoms with Crippen LogP contribution >= 0.6 is 0 Å². The van der Waals surface area contributed by atoms with E-state index >= 15 is 0 Å². The average Bonchev–Trinajstić information content (AvgIpc) is 3.22. The van der Waals surface area contributed by atoms with Gasteiger partial charge in [0.25, 0.3) is 0 Å². The maximum Gasteiger partial charge on any atom is 0.322 e. The highest BCUT2D eigenvalue weighted by Gasteiger charge is 2.48. The van der Waals surface area contributed by atoms with Crippen LogP contribution in [0.1, 0.15) is 17.4 Å². The lowest BCUT2D eigenvalue weighted by Gasteiger charge is -2.34. The molecule has 0 aliphatic carbocycles. The van der Waals surface area contributed by atoms with Crippen molar-refractivity contribution in [1.29, 1.82) is 0 Å². The van der Waals surface area contributed by atoms with Gasteiger partial charge in [0.2, 0.25) is 5.88 Å². The summed E-state index contributed by atoms with van der Waals surface area (Å²) in [5.74, 6) is 2.82. The molecule has 2 aliphatic heterocycles. The third kappa shape index (κ3) is 4.16. The van der Waals surface area contributed by atoms with Crippen molar-refractivity contribution >= 4 is 11.7 Å². The third-order valence-electron chi connectivity index (χ3n) is 6.25. The number of hydrogen-bond donors (Lipinski definition) is 1. The first-order valence-electron chi connectivity index (χ1n) is 11.0. The number of benzene rings is 2. The van der Waals surface area contributed by atoms with Crippen LogP contribution in [-0.2, 0) is 0 Å². The van der Waals surface area contributed by atoms with Crippen molar-refractivity contribution in [3.63, 3.8) is 0 Å². The van der Waals surface area contributed by atoms with Gasteiger partial charge in [-0.1, -0.05) is 30.3 Å². The van der Waals surface area contributed by atoms with Crippen molar-refractivity contribution < 1.29 is 19.0 Å². The second kappa shape index (κ2) is 8.97. The van der Waals surface area contributed by atoms with Gasteiger partial charge in [-0.15, -0.1) is 0 Å². The van der Waals surface area contributed by atoms with E-state index in [4.69, 9.17) is 14.2 Å². The average molecular weight is 447 g/mol. The molecule has 5 rings (SSSR count). The highest BCUT2D eigenvalue weighted by Crippen LogP contribution is 2.47. The zero-order valence-corrected chi connectivity index (χ0v) is 18.6. The summed E-state index contributed by atoms with van der Waals surface area (Å²) in [5.41, 5.74) is 1.65. The Balaban J connectivity index is 1.40. The van der Waals surface area contributed by atoms with Crippen LogP contribution in [0.2, 0.25) is 0 Å². The summed E-state index contributed by atoms with van der Waals surface area (Å²) < 4.78 is 17.5. The van der Waals surface area contributed by atoms with E-state index in [1.807, 2.05) is 60.4 Å². The number of aryl methyl sites for hydroxylation is 1. The van der Waals surface area contributed by atoms with Crippen molar-refractivity contribution in [3.05, 3.63) is 72.2 Å². The van der Waals surface area contributed by atoms with E-state index in [1.54, 1.807) is 19.4 Å². The second-order valence-corrected chi connectivity index (χ2v) is 8.25. The predicted octanol–water partition coefficient (Wildman–Crippen LogP) is 4.09. The summed E-state index contributed by atoms with van der Waals surface area (Å²) >= 11 is 0. The maximum atomic E-state index is 13.5. The van der Waals surface area contributed by atoms with Crippen LogP contribution in [0.3, 0.4) is 0 Å². The van der Waals surface area contributed by atoms with Gasteiger partial charge in [-0.2, -0.15) is 4.98 Å². The number of ether oxygens (including phenoxy) is 3. The quantitative estimate of drug-likeness (QED) is 0.636. The largest absolute Gasteiger partial charge is 0.495 e. The SMILES string of the molecule is COc1ccccc1NC(=O)N1C[C@@H](COc2ccnc(C)n2)[C@@H]2COc3ccccc3[C@@H]21. The van der Waals surface area contributed by atoms with Gasteiger partial charge in [0.15, 0.2) is 0 Å². The molecule has 8 nitrogen and oxygen atoms in total. The van der Waals surface area contributed by atoms with Crippen LogP contribution in [-0.4, -0.2) is 47.8 Å². The number of anilines is 1. The van der Waals surface area contributed by atoms with Gasteiger partial charge in [-0.25, -0.2) is 9.78 Å². The molecule has 0 radical (unpaired) electrons. The molecule has 1 saturated heterocycles. The summed E-state index contributed by atoms with van der Waals surface area (Å²) in [5, 5.41) is 3.03. The van der Waals surface area contributed by atoms with Crippen molar-refractivity contribution in [3.8, 4) is 17.4 Å². The zero-order chi connectivity index (χ0) is 22.8. The summed E-state index contributed by atoms with van der Waals surface area (Å²) in [7, 11) is 1.59. The number of rotatable bonds is 5. The summed E-state index contributed by atoms with van der Waals surface area (Å²) in [4.78, 5) is 23.8. The van der Waals surface area contributed by atoms with E-state index in [0.717, 1.165) is 11.3 Å². The Kier molecular flexibility index (Phi) is 5.73. The number of urea groups is 1. The van der Waals surface area contributed by atoms with E-state index in [9.17, 15) is 4.79 Å². The number of amides is 2. The molecule has 2 aromatic carbocycles. The number of fused-ring (bicyclic) bond motifs is 3. The number of para-hydroxylation sites is 3. The van der Waals surface area contributed by atoms with Crippen molar-refractivity contribution in [2.24, 2.45) is 11.8 Å². The predicted molar refractivity (Wildman–Crippen MR) is 123 cm³/mol. The second-order valence-electron chi connectivity index (χ2n) is 8.25. The smallest absolute Gasteiger partial charge is 0.322 e. The number of carbonyl (C=O) groups is 1. The minimum atomic E-state index is -0.174. The molecule has 0 spiro atoms. The fourth-order valence-corrected chi connectivity index (χ4v) is 4.69. The monoisotopic (exact) mass is 446 g/mol. The zero-order valence-electron chi connectivity index (χ0n) is 18.6. The van der Waals surface area contributed by atoms with Crippen molar-refractivity contribution in [1.82, 2.24) is 14.9 Å². The standard InChI is InChI=1S/C25H26N4O4/c1-16-26-12-11-23(27-16)33-14-17-13-29(25(30)28-20-8-4-6-10-22(20)31-2)24-18-7-3-5-9-21(18)32-15-19(17)24/h3-12,17,19,24H,13-15H2,1-2H3,(H,28,30)/t17-,19-,24-/m0/s1. The van der Waals surface area contributed by atoms with Crippen LogP contribution in [0.4, 0.5) is 10.5 Å². The Labute approximate surface area is 192 Å². The van der Waals surface area contributed by atoms with Crippen LogP contribution in [0.15, 0.2) is 60.8 Å². The number of methoxy groups -OCH3 is 1. The Hall–Kier alpha value is -3.81. The maximum absolute atomic E-state index is 13.5. The van der Waals surface area contributed by atoms with E-state index in [0.29, 0.717) is 42.9 Å². The fraction of sp³-hybridized carbons (Fsp3) is 0.320. The molecular formula is C25H26N4O4. The minimum absolute atomic E-state index is 0.0852. The van der Waals surface area contributed by atoms with Gasteiger partial charge >= 0.3 is 6.03 Å². The number of aromatic nitrogens is 2. The number of likely N-dealkylation sites (tertiary alicyclic amines) is 1. The van der Waals surface area contributed by atoms with Crippen molar-refractivity contribution in [2.75, 3.05) is 32.2 Å². The van der Waals surface area contributed by atoms with E-state index in [1.165, 1.54) is 0 Å². The van der Waals surface area contributed by atoms with E-state index in [2.05, 4.69) is 15.3 Å². The molecule has 1 aromatic heterocycles. The first-order valence-corrected chi connectivity index (χ1v) is 11.0. The number of nitrogens with zero attached hydrogens (tertiary/aromatic N) is 3. The van der Waals surface area contributed by atoms with Gasteiger partial charge in [0, 0.05) is 36.2 Å². The Morgan fingerprint density at radius 1 is 1.18 bits per heavy atom. The first-order chi connectivity index (χ1) is 16.1. The molecule has 170 valence electrons. The van der Waals surface area contributed by atoms with Gasteiger partial charge < -0.3 is 24.4 Å². The normalized spacial score (nSPS) is 20.9. The molecular weight excluding hydrogens is 420 g/mol. The lowest BCUT2D eigenvalue weighted by Crippen LogP contribution is -2.38. The molecule has 2 aliphatic rings. The third-order valence-corrected chi connectivity index (χ3v) is 6.25. The first kappa shape index (κ1) is 21.1. The van der Waals surface area contributed by atoms with Crippen LogP contribution in [0.5, 0.6) is 17.4 Å². The van der Waals surface area contributed by atoms with Crippen LogP contribution < -0.4 is 19.5 Å². The molecule has 3 aromatic rings. The van der Waals surface area contributed by atoms with Gasteiger partial charge in [-0.05, 0) is 25.1 Å². The number of nitrogens with one attached hydrogen (secondary N) is 1. The summed E-state index contributed by atoms with van der Waals surface area (Å²) in [6, 6.07) is 16.8. The molecule has 3 atom stereocenters. The van der Waals surface area contributed by atoms with Gasteiger partial charge in [0.1, 0.15) is 17.3 Å². The molecule has 33 heavy (non-hydrogen) atoms. The van der Waals surface area contributed by atoms with Gasteiger partial charge in [0.05, 0.1) is 32.1 Å². The highest BCUT2D eigenvalue weighted by molar-refractivity contribution is 5.91. The fourth-order valence-electron chi connectivity index (χ4n) is 4.69. The molecule has 0 saturated carbocycles. The summed E-state index contributed by atoms with van der Waals surface area (Å²) in [6.45, 7) is 3.32. The highest BCUT2D eigenvalue weighted by atomic mass is 16.5. The molecule has 1 fully saturated rings. The van der Waals surface area contributed by atoms with E-state index < -0.39 is 0 Å². The van der Waals surface area contributed by atoms with Crippen LogP contribution in [0, 0.1) is 18.8 Å². The topological polar surface area (TPSA) is 85.8 Å². The molecule has 0 bridgehead atoms.